The third-order valence-electron chi connectivity index (χ3n) is 3.99. The molecule has 0 aliphatic heterocycles. The molecule has 0 bridgehead atoms. The zero-order valence-electron chi connectivity index (χ0n) is 12.5. The van der Waals surface area contributed by atoms with E-state index in [0.717, 1.165) is 11.3 Å². The van der Waals surface area contributed by atoms with Gasteiger partial charge in [0.05, 0.1) is 5.69 Å². The highest BCUT2D eigenvalue weighted by atomic mass is 16.2. The molecule has 1 aromatic heterocycles. The lowest BCUT2D eigenvalue weighted by Gasteiger charge is -2.16. The summed E-state index contributed by atoms with van der Waals surface area (Å²) in [6.07, 6.45) is 8.03. The summed E-state index contributed by atoms with van der Waals surface area (Å²) in [5, 5.41) is 11.0. The standard InChI is InChI=1S/C17H20N4O/c22-17(21-18-12-13-7-3-1-4-8-13)16-11-15(19-20-16)14-9-5-2-6-10-14/h2,5-6,9-13H,1,3-4,7-8H2,(H,19,20)(H,21,22)/b18-12-. The van der Waals surface area contributed by atoms with Gasteiger partial charge in [0, 0.05) is 11.8 Å². The molecule has 0 atom stereocenters. The number of aromatic nitrogens is 2. The quantitative estimate of drug-likeness (QED) is 0.671. The van der Waals surface area contributed by atoms with E-state index in [1.807, 2.05) is 36.5 Å². The number of hydrogen-bond donors (Lipinski definition) is 2. The molecule has 1 heterocycles. The van der Waals surface area contributed by atoms with Gasteiger partial charge in [-0.1, -0.05) is 49.6 Å². The number of nitrogens with zero attached hydrogens (tertiary/aromatic N) is 2. The minimum atomic E-state index is -0.262. The molecule has 1 aliphatic carbocycles. The maximum absolute atomic E-state index is 12.0. The van der Waals surface area contributed by atoms with Gasteiger partial charge < -0.3 is 0 Å². The molecule has 1 saturated carbocycles. The summed E-state index contributed by atoms with van der Waals surface area (Å²) < 4.78 is 0. The van der Waals surface area contributed by atoms with Gasteiger partial charge in [-0.2, -0.15) is 10.2 Å². The summed E-state index contributed by atoms with van der Waals surface area (Å²) in [6, 6.07) is 11.5. The van der Waals surface area contributed by atoms with Gasteiger partial charge in [0.25, 0.3) is 5.91 Å². The van der Waals surface area contributed by atoms with Crippen LogP contribution in [-0.2, 0) is 0 Å². The van der Waals surface area contributed by atoms with E-state index in [-0.39, 0.29) is 5.91 Å². The van der Waals surface area contributed by atoms with Crippen LogP contribution in [0.1, 0.15) is 42.6 Å². The van der Waals surface area contributed by atoms with Gasteiger partial charge in [-0.25, -0.2) is 5.43 Å². The van der Waals surface area contributed by atoms with Gasteiger partial charge in [0.2, 0.25) is 0 Å². The number of amides is 1. The summed E-state index contributed by atoms with van der Waals surface area (Å²) in [7, 11) is 0. The normalized spacial score (nSPS) is 16.0. The number of rotatable bonds is 4. The molecule has 114 valence electrons. The molecule has 22 heavy (non-hydrogen) atoms. The monoisotopic (exact) mass is 296 g/mol. The number of hydrazone groups is 1. The first-order valence-electron chi connectivity index (χ1n) is 7.77. The SMILES string of the molecule is O=C(N/N=C\C1CCCCC1)c1cc(-c2ccccc2)n[nH]1. The molecule has 1 fully saturated rings. The maximum Gasteiger partial charge on any atom is 0.289 e. The Labute approximate surface area is 129 Å². The van der Waals surface area contributed by atoms with Crippen molar-refractivity contribution in [3.05, 3.63) is 42.1 Å². The largest absolute Gasteiger partial charge is 0.289 e. The summed E-state index contributed by atoms with van der Waals surface area (Å²) in [5.74, 6) is 0.234. The molecule has 0 spiro atoms. The molecule has 5 heteroatoms. The molecular weight excluding hydrogens is 276 g/mol. The second-order valence-electron chi connectivity index (χ2n) is 5.65. The van der Waals surface area contributed by atoms with E-state index in [2.05, 4.69) is 20.7 Å². The van der Waals surface area contributed by atoms with Gasteiger partial charge in [-0.15, -0.1) is 0 Å². The molecule has 5 nitrogen and oxygen atoms in total. The summed E-state index contributed by atoms with van der Waals surface area (Å²) in [6.45, 7) is 0. The van der Waals surface area contributed by atoms with Crippen molar-refractivity contribution in [3.8, 4) is 11.3 Å². The van der Waals surface area contributed by atoms with Crippen LogP contribution in [0.3, 0.4) is 0 Å². The van der Waals surface area contributed by atoms with Gasteiger partial charge in [-0.05, 0) is 24.8 Å². The third kappa shape index (κ3) is 3.61. The smallest absolute Gasteiger partial charge is 0.272 e. The highest BCUT2D eigenvalue weighted by molar-refractivity contribution is 5.93. The van der Waals surface area contributed by atoms with Crippen molar-refractivity contribution >= 4 is 12.1 Å². The fraction of sp³-hybridized carbons (Fsp3) is 0.353. The van der Waals surface area contributed by atoms with E-state index >= 15 is 0 Å². The Balaban J connectivity index is 1.58. The first-order chi connectivity index (χ1) is 10.8. The average Bonchev–Trinajstić information content (AvgIpc) is 3.07. The fourth-order valence-corrected chi connectivity index (χ4v) is 2.74. The molecule has 1 aromatic carbocycles. The third-order valence-corrected chi connectivity index (χ3v) is 3.99. The number of nitrogens with one attached hydrogen (secondary N) is 2. The minimum Gasteiger partial charge on any atom is -0.272 e. The van der Waals surface area contributed by atoms with Crippen LogP contribution in [0, 0.1) is 5.92 Å². The van der Waals surface area contributed by atoms with Crippen LogP contribution in [0.15, 0.2) is 41.5 Å². The molecule has 2 N–H and O–H groups in total. The molecule has 3 rings (SSSR count). The Morgan fingerprint density at radius 2 is 2.00 bits per heavy atom. The predicted molar refractivity (Wildman–Crippen MR) is 86.6 cm³/mol. The van der Waals surface area contributed by atoms with Gasteiger partial charge >= 0.3 is 0 Å². The van der Waals surface area contributed by atoms with Crippen molar-refractivity contribution in [1.82, 2.24) is 15.6 Å². The highest BCUT2D eigenvalue weighted by Crippen LogP contribution is 2.21. The van der Waals surface area contributed by atoms with Crippen LogP contribution < -0.4 is 5.43 Å². The van der Waals surface area contributed by atoms with Gasteiger partial charge in [0.15, 0.2) is 0 Å². The Hall–Kier alpha value is -2.43. The van der Waals surface area contributed by atoms with E-state index in [9.17, 15) is 4.79 Å². The van der Waals surface area contributed by atoms with E-state index in [0.29, 0.717) is 11.6 Å². The van der Waals surface area contributed by atoms with Crippen molar-refractivity contribution in [2.24, 2.45) is 11.0 Å². The second-order valence-corrected chi connectivity index (χ2v) is 5.65. The van der Waals surface area contributed by atoms with Crippen LogP contribution in [0.25, 0.3) is 11.3 Å². The van der Waals surface area contributed by atoms with Crippen LogP contribution in [-0.4, -0.2) is 22.3 Å². The number of H-pyrrole nitrogens is 1. The topological polar surface area (TPSA) is 70.1 Å². The first kappa shape index (κ1) is 14.5. The highest BCUT2D eigenvalue weighted by Gasteiger charge is 2.12. The Kier molecular flexibility index (Phi) is 4.63. The number of carbonyl (C=O) groups excluding carboxylic acids is 1. The molecule has 2 aromatic rings. The number of hydrogen-bond acceptors (Lipinski definition) is 3. The Bertz CT molecular complexity index is 642. The molecule has 1 amide bonds. The number of benzene rings is 1. The molecular formula is C17H20N4O. The van der Waals surface area contributed by atoms with E-state index in [4.69, 9.17) is 0 Å². The summed E-state index contributed by atoms with van der Waals surface area (Å²) in [4.78, 5) is 12.0. The fourth-order valence-electron chi connectivity index (χ4n) is 2.74. The minimum absolute atomic E-state index is 0.262. The zero-order valence-corrected chi connectivity index (χ0v) is 12.5. The molecule has 0 unspecified atom stereocenters. The van der Waals surface area contributed by atoms with Crippen molar-refractivity contribution < 1.29 is 4.79 Å². The second kappa shape index (κ2) is 7.02. The van der Waals surface area contributed by atoms with Gasteiger partial charge in [0.1, 0.15) is 5.69 Å². The van der Waals surface area contributed by atoms with Crippen molar-refractivity contribution in [1.29, 1.82) is 0 Å². The lowest BCUT2D eigenvalue weighted by Crippen LogP contribution is -2.19. The van der Waals surface area contributed by atoms with E-state index in [1.54, 1.807) is 6.07 Å². The van der Waals surface area contributed by atoms with Crippen LogP contribution >= 0.6 is 0 Å². The van der Waals surface area contributed by atoms with Crippen molar-refractivity contribution in [3.63, 3.8) is 0 Å². The van der Waals surface area contributed by atoms with Crippen LogP contribution in [0.4, 0.5) is 0 Å². The molecule has 0 radical (unpaired) electrons. The van der Waals surface area contributed by atoms with E-state index < -0.39 is 0 Å². The van der Waals surface area contributed by atoms with Crippen LogP contribution in [0.2, 0.25) is 0 Å². The summed E-state index contributed by atoms with van der Waals surface area (Å²) >= 11 is 0. The lowest BCUT2D eigenvalue weighted by molar-refractivity contribution is 0.0950. The van der Waals surface area contributed by atoms with E-state index in [1.165, 1.54) is 32.1 Å². The van der Waals surface area contributed by atoms with Crippen molar-refractivity contribution in [2.75, 3.05) is 0 Å². The average molecular weight is 296 g/mol. The molecule has 1 aliphatic rings. The van der Waals surface area contributed by atoms with Crippen LogP contribution in [0.5, 0.6) is 0 Å². The van der Waals surface area contributed by atoms with Gasteiger partial charge in [-0.3, -0.25) is 9.89 Å². The zero-order chi connectivity index (χ0) is 15.2. The Morgan fingerprint density at radius 3 is 2.77 bits per heavy atom. The number of aromatic amines is 1. The Morgan fingerprint density at radius 1 is 1.23 bits per heavy atom. The lowest BCUT2D eigenvalue weighted by atomic mass is 9.90. The predicted octanol–water partition coefficient (Wildman–Crippen LogP) is 3.37. The maximum atomic E-state index is 12.0. The molecule has 0 saturated heterocycles. The first-order valence-corrected chi connectivity index (χ1v) is 7.77. The summed E-state index contributed by atoms with van der Waals surface area (Å²) in [5.41, 5.74) is 4.71. The number of carbonyl (C=O) groups is 1. The van der Waals surface area contributed by atoms with Crippen molar-refractivity contribution in [2.45, 2.75) is 32.1 Å².